The minimum atomic E-state index is -0.769. The second-order valence-corrected chi connectivity index (χ2v) is 6.40. The zero-order chi connectivity index (χ0) is 19.0. The quantitative estimate of drug-likeness (QED) is 0.743. The van der Waals surface area contributed by atoms with Gasteiger partial charge in [-0.25, -0.2) is 0 Å². The number of rotatable bonds is 4. The van der Waals surface area contributed by atoms with Gasteiger partial charge in [-0.3, -0.25) is 14.4 Å². The number of carbonyl (C=O) groups is 3. The van der Waals surface area contributed by atoms with Gasteiger partial charge >= 0.3 is 0 Å². The highest BCUT2D eigenvalue weighted by molar-refractivity contribution is 6.12. The van der Waals surface area contributed by atoms with Crippen LogP contribution in [0.25, 0.3) is 11.0 Å². The fourth-order valence-electron chi connectivity index (χ4n) is 3.31. The van der Waals surface area contributed by atoms with Crippen molar-refractivity contribution in [3.8, 4) is 0 Å². The Morgan fingerprint density at radius 1 is 1.07 bits per heavy atom. The van der Waals surface area contributed by atoms with E-state index >= 15 is 0 Å². The van der Waals surface area contributed by atoms with Crippen molar-refractivity contribution in [2.24, 2.45) is 11.7 Å². The minimum Gasteiger partial charge on any atom is -0.449 e. The molecule has 1 fully saturated rings. The molecule has 2 aromatic carbocycles. The molecule has 1 aliphatic rings. The molecule has 3 aromatic rings. The highest BCUT2D eigenvalue weighted by Gasteiger charge is 2.36. The van der Waals surface area contributed by atoms with Gasteiger partial charge < -0.3 is 20.4 Å². The molecule has 0 unspecified atom stereocenters. The molecule has 0 bridgehead atoms. The average Bonchev–Trinajstić information content (AvgIpc) is 3.24. The van der Waals surface area contributed by atoms with Crippen molar-refractivity contribution in [2.45, 2.75) is 6.42 Å². The Balaban J connectivity index is 1.59. The second kappa shape index (κ2) is 6.60. The lowest BCUT2D eigenvalue weighted by molar-refractivity contribution is -0.122. The van der Waals surface area contributed by atoms with Crippen LogP contribution in [0.4, 0.5) is 11.4 Å². The highest BCUT2D eigenvalue weighted by atomic mass is 16.3. The predicted molar refractivity (Wildman–Crippen MR) is 100 cm³/mol. The van der Waals surface area contributed by atoms with Crippen molar-refractivity contribution in [1.82, 2.24) is 0 Å². The number of nitrogens with two attached hydrogens (primary N) is 1. The Kier molecular flexibility index (Phi) is 4.12. The number of fused-ring (bicyclic) bond motifs is 1. The lowest BCUT2D eigenvalue weighted by Gasteiger charge is -2.16. The van der Waals surface area contributed by atoms with Gasteiger partial charge in [0, 0.05) is 24.0 Å². The first-order chi connectivity index (χ1) is 13.0. The number of furan rings is 1. The standard InChI is InChI=1S/C20H17N3O4/c21-19(25)18-17(14-8-4-5-9-15(14)27-18)22-20(26)12-10-16(24)23(11-12)13-6-2-1-3-7-13/h1-9,12H,10-11H2,(H2,21,25)(H,22,26)/t12-/m1/s1. The Hall–Kier alpha value is -3.61. The van der Waals surface area contributed by atoms with E-state index in [0.717, 1.165) is 5.69 Å². The molecule has 27 heavy (non-hydrogen) atoms. The van der Waals surface area contributed by atoms with E-state index < -0.39 is 11.8 Å². The van der Waals surface area contributed by atoms with E-state index in [1.807, 2.05) is 30.3 Å². The monoisotopic (exact) mass is 363 g/mol. The van der Waals surface area contributed by atoms with Crippen LogP contribution in [-0.2, 0) is 9.59 Å². The third kappa shape index (κ3) is 3.03. The first-order valence-corrected chi connectivity index (χ1v) is 8.52. The van der Waals surface area contributed by atoms with Crippen molar-refractivity contribution >= 4 is 40.1 Å². The number of hydrogen-bond acceptors (Lipinski definition) is 4. The molecule has 2 heterocycles. The Bertz CT molecular complexity index is 1040. The number of benzene rings is 2. The van der Waals surface area contributed by atoms with Gasteiger partial charge in [-0.2, -0.15) is 0 Å². The number of carbonyl (C=O) groups excluding carboxylic acids is 3. The SMILES string of the molecule is NC(=O)c1oc2ccccc2c1NC(=O)[C@@H]1CC(=O)N(c2ccccc2)C1. The molecular formula is C20H17N3O4. The number of nitrogens with one attached hydrogen (secondary N) is 1. The topological polar surface area (TPSA) is 106 Å². The number of primary amides is 1. The maximum atomic E-state index is 12.8. The average molecular weight is 363 g/mol. The number of amides is 3. The first-order valence-electron chi connectivity index (χ1n) is 8.52. The van der Waals surface area contributed by atoms with E-state index in [-0.39, 0.29) is 36.2 Å². The first kappa shape index (κ1) is 16.8. The number of hydrogen-bond donors (Lipinski definition) is 2. The molecule has 1 saturated heterocycles. The smallest absolute Gasteiger partial charge is 0.286 e. The molecule has 3 amide bonds. The lowest BCUT2D eigenvalue weighted by Crippen LogP contribution is -2.28. The molecule has 1 aliphatic heterocycles. The zero-order valence-electron chi connectivity index (χ0n) is 14.3. The highest BCUT2D eigenvalue weighted by Crippen LogP contribution is 2.32. The van der Waals surface area contributed by atoms with Crippen LogP contribution in [0.15, 0.2) is 59.0 Å². The van der Waals surface area contributed by atoms with Gasteiger partial charge in [-0.1, -0.05) is 30.3 Å². The summed E-state index contributed by atoms with van der Waals surface area (Å²) in [5, 5.41) is 3.32. The van der Waals surface area contributed by atoms with Gasteiger partial charge in [0.2, 0.25) is 17.6 Å². The summed E-state index contributed by atoms with van der Waals surface area (Å²) in [7, 11) is 0. The van der Waals surface area contributed by atoms with E-state index in [2.05, 4.69) is 5.32 Å². The van der Waals surface area contributed by atoms with Gasteiger partial charge in [0.15, 0.2) is 0 Å². The van der Waals surface area contributed by atoms with E-state index in [9.17, 15) is 14.4 Å². The number of anilines is 2. The number of nitrogens with zero attached hydrogens (tertiary/aromatic N) is 1. The Morgan fingerprint density at radius 3 is 2.52 bits per heavy atom. The zero-order valence-corrected chi connectivity index (χ0v) is 14.3. The fraction of sp³-hybridized carbons (Fsp3) is 0.150. The van der Waals surface area contributed by atoms with Gasteiger partial charge in [-0.15, -0.1) is 0 Å². The van der Waals surface area contributed by atoms with Crippen molar-refractivity contribution in [2.75, 3.05) is 16.8 Å². The van der Waals surface area contributed by atoms with E-state index in [1.54, 1.807) is 29.2 Å². The van der Waals surface area contributed by atoms with Gasteiger partial charge in [0.1, 0.15) is 11.3 Å². The Labute approximate surface area is 154 Å². The maximum Gasteiger partial charge on any atom is 0.286 e. The molecule has 1 atom stereocenters. The summed E-state index contributed by atoms with van der Waals surface area (Å²) >= 11 is 0. The van der Waals surface area contributed by atoms with Crippen molar-refractivity contribution in [3.05, 3.63) is 60.4 Å². The third-order valence-electron chi connectivity index (χ3n) is 4.63. The second-order valence-electron chi connectivity index (χ2n) is 6.40. The van der Waals surface area contributed by atoms with Crippen molar-refractivity contribution in [3.63, 3.8) is 0 Å². The largest absolute Gasteiger partial charge is 0.449 e. The summed E-state index contributed by atoms with van der Waals surface area (Å²) in [5.41, 5.74) is 6.83. The van der Waals surface area contributed by atoms with Crippen LogP contribution >= 0.6 is 0 Å². The van der Waals surface area contributed by atoms with E-state index in [0.29, 0.717) is 11.0 Å². The molecule has 0 spiro atoms. The normalized spacial score (nSPS) is 16.7. The van der Waals surface area contributed by atoms with Crippen LogP contribution in [0, 0.1) is 5.92 Å². The fourth-order valence-corrected chi connectivity index (χ4v) is 3.31. The molecular weight excluding hydrogens is 346 g/mol. The minimum absolute atomic E-state index is 0.0996. The summed E-state index contributed by atoms with van der Waals surface area (Å²) in [6.45, 7) is 0.274. The number of para-hydroxylation sites is 2. The Morgan fingerprint density at radius 2 is 1.78 bits per heavy atom. The molecule has 7 nitrogen and oxygen atoms in total. The maximum absolute atomic E-state index is 12.8. The van der Waals surface area contributed by atoms with Crippen molar-refractivity contribution < 1.29 is 18.8 Å². The summed E-state index contributed by atoms with van der Waals surface area (Å²) in [6, 6.07) is 16.2. The van der Waals surface area contributed by atoms with Crippen molar-refractivity contribution in [1.29, 1.82) is 0 Å². The predicted octanol–water partition coefficient (Wildman–Crippen LogP) is 2.52. The van der Waals surface area contributed by atoms with Gasteiger partial charge in [0.25, 0.3) is 5.91 Å². The molecule has 4 rings (SSSR count). The van der Waals surface area contributed by atoms with E-state index in [1.165, 1.54) is 0 Å². The molecule has 0 radical (unpaired) electrons. The van der Waals surface area contributed by atoms with Crippen LogP contribution in [0.5, 0.6) is 0 Å². The molecule has 0 aliphatic carbocycles. The summed E-state index contributed by atoms with van der Waals surface area (Å²) in [4.78, 5) is 38.4. The molecule has 1 aromatic heterocycles. The van der Waals surface area contributed by atoms with Crippen LogP contribution in [0.3, 0.4) is 0 Å². The molecule has 7 heteroatoms. The van der Waals surface area contributed by atoms with Crippen LogP contribution in [-0.4, -0.2) is 24.3 Å². The van der Waals surface area contributed by atoms with E-state index in [4.69, 9.17) is 10.2 Å². The van der Waals surface area contributed by atoms with Gasteiger partial charge in [-0.05, 0) is 24.3 Å². The molecule has 0 saturated carbocycles. The van der Waals surface area contributed by atoms with Crippen LogP contribution in [0.2, 0.25) is 0 Å². The summed E-state index contributed by atoms with van der Waals surface area (Å²) < 4.78 is 5.47. The third-order valence-corrected chi connectivity index (χ3v) is 4.63. The van der Waals surface area contributed by atoms with Crippen LogP contribution < -0.4 is 16.0 Å². The molecule has 136 valence electrons. The molecule has 3 N–H and O–H groups in total. The summed E-state index contributed by atoms with van der Waals surface area (Å²) in [5.74, 6) is -1.87. The summed E-state index contributed by atoms with van der Waals surface area (Å²) in [6.07, 6.45) is 0.0996. The van der Waals surface area contributed by atoms with Gasteiger partial charge in [0.05, 0.1) is 5.92 Å². The van der Waals surface area contributed by atoms with Crippen LogP contribution in [0.1, 0.15) is 17.0 Å². The lowest BCUT2D eigenvalue weighted by atomic mass is 10.1.